The summed E-state index contributed by atoms with van der Waals surface area (Å²) in [5.41, 5.74) is -0.175. The first-order chi connectivity index (χ1) is 10.8. The van der Waals surface area contributed by atoms with Crippen LogP contribution < -0.4 is 5.84 Å². The van der Waals surface area contributed by atoms with Crippen LogP contribution in [0, 0.1) is 11.3 Å². The van der Waals surface area contributed by atoms with Crippen LogP contribution in [0.5, 0.6) is 0 Å². The number of aliphatic carboxylic acids is 1. The van der Waals surface area contributed by atoms with Gasteiger partial charge in [0, 0.05) is 0 Å². The third kappa shape index (κ3) is 6.22. The molecule has 1 saturated carbocycles. The number of carboxylic acids is 1. The molecule has 23 heavy (non-hydrogen) atoms. The van der Waals surface area contributed by atoms with Crippen LogP contribution in [-0.2, 0) is 9.53 Å². The molecule has 1 fully saturated rings. The predicted molar refractivity (Wildman–Crippen MR) is 88.6 cm³/mol. The molecule has 1 amide bonds. The number of hydrazine groups is 1. The van der Waals surface area contributed by atoms with E-state index in [0.717, 1.165) is 50.0 Å². The monoisotopic (exact) mass is 326 g/mol. The van der Waals surface area contributed by atoms with Gasteiger partial charge >= 0.3 is 12.1 Å². The predicted octanol–water partition coefficient (Wildman–Crippen LogP) is 3.32. The van der Waals surface area contributed by atoms with Crippen molar-refractivity contribution in [3.63, 3.8) is 0 Å². The second kappa shape index (κ2) is 8.91. The fraction of sp³-hybridized carbons (Fsp3) is 0.765. The lowest BCUT2D eigenvalue weighted by molar-refractivity contribution is -0.145. The van der Waals surface area contributed by atoms with Gasteiger partial charge in [-0.05, 0) is 43.4 Å². The summed E-state index contributed by atoms with van der Waals surface area (Å²) in [4.78, 5) is 23.6. The Hall–Kier alpha value is -1.56. The average molecular weight is 326 g/mol. The van der Waals surface area contributed by atoms with Crippen molar-refractivity contribution >= 4 is 12.1 Å². The summed E-state index contributed by atoms with van der Waals surface area (Å²) >= 11 is 0. The van der Waals surface area contributed by atoms with Gasteiger partial charge in [0.25, 0.3) is 0 Å². The largest absolute Gasteiger partial charge is 0.480 e. The molecule has 1 aliphatic carbocycles. The Morgan fingerprint density at radius 2 is 2.04 bits per heavy atom. The molecule has 0 aliphatic heterocycles. The number of carboxylic acid groups (broad SMARTS) is 1. The molecule has 1 atom stereocenters. The quantitative estimate of drug-likeness (QED) is 0.223. The molecule has 3 N–H and O–H groups in total. The van der Waals surface area contributed by atoms with E-state index in [1.165, 1.54) is 0 Å². The first-order valence-corrected chi connectivity index (χ1v) is 8.33. The summed E-state index contributed by atoms with van der Waals surface area (Å²) in [6, 6.07) is -1.01. The van der Waals surface area contributed by atoms with Crippen molar-refractivity contribution in [3.8, 4) is 0 Å². The number of hydrogen-bond acceptors (Lipinski definition) is 4. The molecule has 0 saturated heterocycles. The fourth-order valence-electron chi connectivity index (χ4n) is 3.06. The highest BCUT2D eigenvalue weighted by atomic mass is 16.6. The van der Waals surface area contributed by atoms with E-state index in [2.05, 4.69) is 6.58 Å². The van der Waals surface area contributed by atoms with Crippen molar-refractivity contribution in [3.05, 3.63) is 12.7 Å². The van der Waals surface area contributed by atoms with Gasteiger partial charge < -0.3 is 9.84 Å². The highest BCUT2D eigenvalue weighted by Crippen LogP contribution is 2.30. The first kappa shape index (κ1) is 19.5. The zero-order chi connectivity index (χ0) is 17.5. The average Bonchev–Trinajstić information content (AvgIpc) is 2.98. The zero-order valence-corrected chi connectivity index (χ0v) is 14.3. The lowest BCUT2D eigenvalue weighted by atomic mass is 9.88. The number of nitrogens with two attached hydrogens (primary N) is 1. The Balaban J connectivity index is 2.54. The van der Waals surface area contributed by atoms with E-state index in [1.807, 2.05) is 19.9 Å². The lowest BCUT2D eigenvalue weighted by Crippen LogP contribution is -2.53. The maximum Gasteiger partial charge on any atom is 0.424 e. The third-order valence-corrected chi connectivity index (χ3v) is 4.46. The molecule has 1 rings (SSSR count). The lowest BCUT2D eigenvalue weighted by Gasteiger charge is -2.30. The van der Waals surface area contributed by atoms with Gasteiger partial charge in [-0.25, -0.2) is 20.4 Å². The molecule has 132 valence electrons. The van der Waals surface area contributed by atoms with Gasteiger partial charge in [-0.2, -0.15) is 0 Å². The molecule has 0 bridgehead atoms. The van der Waals surface area contributed by atoms with Crippen LogP contribution in [0.25, 0.3) is 0 Å². The van der Waals surface area contributed by atoms with E-state index >= 15 is 0 Å². The van der Waals surface area contributed by atoms with Crippen molar-refractivity contribution in [2.45, 2.75) is 64.8 Å². The Morgan fingerprint density at radius 1 is 1.43 bits per heavy atom. The van der Waals surface area contributed by atoms with Crippen LogP contribution >= 0.6 is 0 Å². The Morgan fingerprint density at radius 3 is 2.57 bits per heavy atom. The summed E-state index contributed by atoms with van der Waals surface area (Å²) in [7, 11) is 0. The Kier molecular flexibility index (Phi) is 7.55. The van der Waals surface area contributed by atoms with Crippen LogP contribution in [-0.4, -0.2) is 34.8 Å². The molecule has 0 aromatic carbocycles. The number of nitrogens with zero attached hydrogens (tertiary/aromatic N) is 1. The molecule has 0 aromatic rings. The topological polar surface area (TPSA) is 92.9 Å². The molecule has 0 aromatic heterocycles. The van der Waals surface area contributed by atoms with Gasteiger partial charge in [0.1, 0.15) is 0 Å². The number of carbonyl (C=O) groups is 2. The van der Waals surface area contributed by atoms with Gasteiger partial charge in [-0.15, -0.1) is 6.58 Å². The number of unbranched alkanes of at least 4 members (excludes halogenated alkanes) is 1. The van der Waals surface area contributed by atoms with Crippen LogP contribution in [0.15, 0.2) is 12.7 Å². The van der Waals surface area contributed by atoms with E-state index in [4.69, 9.17) is 10.6 Å². The molecule has 1 aliphatic rings. The number of rotatable bonds is 9. The van der Waals surface area contributed by atoms with E-state index in [1.54, 1.807) is 0 Å². The van der Waals surface area contributed by atoms with Crippen LogP contribution in [0.3, 0.4) is 0 Å². The van der Waals surface area contributed by atoms with Crippen LogP contribution in [0.1, 0.15) is 58.8 Å². The highest BCUT2D eigenvalue weighted by molar-refractivity contribution is 5.80. The summed E-state index contributed by atoms with van der Waals surface area (Å²) < 4.78 is 5.26. The number of carbonyl (C=O) groups excluding carboxylic acids is 1. The van der Waals surface area contributed by atoms with E-state index in [0.29, 0.717) is 0 Å². The van der Waals surface area contributed by atoms with E-state index < -0.39 is 18.1 Å². The molecule has 0 unspecified atom stereocenters. The van der Waals surface area contributed by atoms with Crippen molar-refractivity contribution in [1.82, 2.24) is 5.01 Å². The fourth-order valence-corrected chi connectivity index (χ4v) is 3.06. The summed E-state index contributed by atoms with van der Waals surface area (Å²) in [6.07, 6.45) is 7.41. The second-order valence-electron chi connectivity index (χ2n) is 7.13. The Labute approximate surface area is 138 Å². The SMILES string of the molecule is C=CCCCC(C)(C)COC(=O)N(N)[C@H](C(=O)O)C1CCCC1. The van der Waals surface area contributed by atoms with Crippen LogP contribution in [0.4, 0.5) is 4.79 Å². The smallest absolute Gasteiger partial charge is 0.424 e. The zero-order valence-electron chi connectivity index (χ0n) is 14.3. The molecular formula is C17H30N2O4. The number of ether oxygens (including phenoxy) is 1. The first-order valence-electron chi connectivity index (χ1n) is 8.33. The molecule has 0 radical (unpaired) electrons. The molecule has 6 heteroatoms. The van der Waals surface area contributed by atoms with Crippen molar-refractivity contribution in [2.75, 3.05) is 6.61 Å². The van der Waals surface area contributed by atoms with Gasteiger partial charge in [0.05, 0.1) is 6.61 Å². The van der Waals surface area contributed by atoms with Crippen LogP contribution in [0.2, 0.25) is 0 Å². The summed E-state index contributed by atoms with van der Waals surface area (Å²) in [6.45, 7) is 7.92. The normalized spacial score (nSPS) is 16.8. The van der Waals surface area contributed by atoms with E-state index in [9.17, 15) is 14.7 Å². The number of allylic oxidation sites excluding steroid dienone is 1. The molecular weight excluding hydrogens is 296 g/mol. The van der Waals surface area contributed by atoms with Gasteiger partial charge in [0.15, 0.2) is 6.04 Å². The summed E-state index contributed by atoms with van der Waals surface area (Å²) in [5, 5.41) is 10.1. The standard InChI is InChI=1S/C17H30N2O4/c1-4-5-8-11-17(2,3)12-23-16(22)19(18)14(15(20)21)13-9-6-7-10-13/h4,13-14H,1,5-12,18H2,2-3H3,(H,20,21)/t14-/m0/s1. The molecule has 0 spiro atoms. The van der Waals surface area contributed by atoms with E-state index in [-0.39, 0.29) is 17.9 Å². The van der Waals surface area contributed by atoms with Crippen molar-refractivity contribution in [1.29, 1.82) is 0 Å². The minimum absolute atomic E-state index is 0.0920. The minimum atomic E-state index is -1.07. The maximum atomic E-state index is 12.1. The number of amides is 1. The second-order valence-corrected chi connectivity index (χ2v) is 7.13. The molecule has 0 heterocycles. The van der Waals surface area contributed by atoms with Gasteiger partial charge in [-0.3, -0.25) is 0 Å². The van der Waals surface area contributed by atoms with Gasteiger partial charge in [0.2, 0.25) is 0 Å². The Bertz CT molecular complexity index is 417. The molecule has 6 nitrogen and oxygen atoms in total. The maximum absolute atomic E-state index is 12.1. The minimum Gasteiger partial charge on any atom is -0.480 e. The summed E-state index contributed by atoms with van der Waals surface area (Å²) in [5.74, 6) is 4.60. The van der Waals surface area contributed by atoms with Crippen molar-refractivity contribution < 1.29 is 19.4 Å². The van der Waals surface area contributed by atoms with Crippen molar-refractivity contribution in [2.24, 2.45) is 17.2 Å². The third-order valence-electron chi connectivity index (χ3n) is 4.46. The van der Waals surface area contributed by atoms with Gasteiger partial charge in [-0.1, -0.05) is 32.8 Å². The number of hydrogen-bond donors (Lipinski definition) is 2. The highest BCUT2D eigenvalue weighted by Gasteiger charge is 2.37.